The summed E-state index contributed by atoms with van der Waals surface area (Å²) in [7, 11) is 1.65. The minimum atomic E-state index is -0.297. The molecule has 0 spiro atoms. The molecule has 10 heteroatoms. The Morgan fingerprint density at radius 3 is 2.31 bits per heavy atom. The lowest BCUT2D eigenvalue weighted by molar-refractivity contribution is -0.137. The number of rotatable bonds is 6. The third-order valence-corrected chi connectivity index (χ3v) is 9.75. The number of hydrogen-bond acceptors (Lipinski definition) is 6. The molecule has 3 aromatic carbocycles. The molecule has 1 fully saturated rings. The van der Waals surface area contributed by atoms with Crippen molar-refractivity contribution >= 4 is 35.3 Å². The first kappa shape index (κ1) is 30.5. The van der Waals surface area contributed by atoms with Gasteiger partial charge in [-0.25, -0.2) is 4.68 Å². The molecule has 1 atom stereocenters. The van der Waals surface area contributed by atoms with Gasteiger partial charge in [-0.15, -0.1) is 11.8 Å². The number of thioether (sulfide) groups is 1. The smallest absolute Gasteiger partial charge is 0.242 e. The minimum Gasteiger partial charge on any atom is -0.496 e. The normalized spacial score (nSPS) is 16.8. The van der Waals surface area contributed by atoms with Gasteiger partial charge in [0, 0.05) is 49.8 Å². The first-order chi connectivity index (χ1) is 21.8. The Morgan fingerprint density at radius 1 is 0.933 bits per heavy atom. The molecule has 0 radical (unpaired) electrons. The lowest BCUT2D eigenvalue weighted by Gasteiger charge is -2.35. The van der Waals surface area contributed by atoms with Crippen LogP contribution in [-0.4, -0.2) is 82.9 Å². The van der Waals surface area contributed by atoms with Crippen molar-refractivity contribution < 1.29 is 19.1 Å². The van der Waals surface area contributed by atoms with Gasteiger partial charge in [-0.3, -0.25) is 19.3 Å². The first-order valence-electron chi connectivity index (χ1n) is 15.1. The maximum Gasteiger partial charge on any atom is 0.242 e. The number of aryl methyl sites for hydroxylation is 2. The van der Waals surface area contributed by atoms with Gasteiger partial charge in [-0.05, 0) is 31.5 Å². The Hall–Kier alpha value is -4.57. The topological polar surface area (TPSA) is 88.0 Å². The van der Waals surface area contributed by atoms with Gasteiger partial charge in [-0.2, -0.15) is 5.10 Å². The van der Waals surface area contributed by atoms with E-state index in [1.165, 1.54) is 11.8 Å². The van der Waals surface area contributed by atoms with E-state index >= 15 is 0 Å². The van der Waals surface area contributed by atoms with Crippen LogP contribution in [0.3, 0.4) is 0 Å². The second-order valence-corrected chi connectivity index (χ2v) is 12.5. The van der Waals surface area contributed by atoms with Gasteiger partial charge in [0.1, 0.15) is 18.1 Å². The molecule has 1 aromatic heterocycles. The molecular formula is C35H37N5O4S. The van der Waals surface area contributed by atoms with Gasteiger partial charge < -0.3 is 14.5 Å². The quantitative estimate of drug-likeness (QED) is 0.300. The standard InChI is InChI=1S/C35H37N5O4S/c1-23-14-15-28(24(2)20-23)40-35-32(33(36-40)26-10-6-5-7-11-26)34(27-12-8-9-13-29(27)44-4)45-22-31(43)39(35)21-30(42)38-18-16-37(17-19-38)25(3)41/h5-15,20,34H,16-19,21-22H2,1-4H3. The molecule has 45 heavy (non-hydrogen) atoms. The van der Waals surface area contributed by atoms with E-state index in [-0.39, 0.29) is 35.3 Å². The highest BCUT2D eigenvalue weighted by molar-refractivity contribution is 8.00. The van der Waals surface area contributed by atoms with Gasteiger partial charge >= 0.3 is 0 Å². The molecule has 0 bridgehead atoms. The minimum absolute atomic E-state index is 0.000320. The fraction of sp³-hybridized carbons (Fsp3) is 0.314. The monoisotopic (exact) mass is 623 g/mol. The molecule has 2 aliphatic heterocycles. The van der Waals surface area contributed by atoms with E-state index < -0.39 is 0 Å². The first-order valence-corrected chi connectivity index (χ1v) is 16.2. The van der Waals surface area contributed by atoms with Crippen molar-refractivity contribution in [2.75, 3.05) is 50.5 Å². The summed E-state index contributed by atoms with van der Waals surface area (Å²) in [5.74, 6) is 1.15. The Balaban J connectivity index is 1.55. The molecule has 0 aliphatic carbocycles. The predicted molar refractivity (Wildman–Crippen MR) is 177 cm³/mol. The molecule has 4 aromatic rings. The second-order valence-electron chi connectivity index (χ2n) is 11.5. The molecule has 0 N–H and O–H groups in total. The number of benzene rings is 3. The van der Waals surface area contributed by atoms with Crippen molar-refractivity contribution in [1.29, 1.82) is 0 Å². The van der Waals surface area contributed by atoms with Crippen LogP contribution in [0.5, 0.6) is 5.75 Å². The molecule has 6 rings (SSSR count). The molecule has 232 valence electrons. The van der Waals surface area contributed by atoms with Gasteiger partial charge in [0.05, 0.1) is 29.5 Å². The Morgan fingerprint density at radius 2 is 1.62 bits per heavy atom. The van der Waals surface area contributed by atoms with E-state index in [9.17, 15) is 14.4 Å². The van der Waals surface area contributed by atoms with Crippen LogP contribution in [0.1, 0.15) is 34.4 Å². The number of fused-ring (bicyclic) bond motifs is 1. The second kappa shape index (κ2) is 12.8. The van der Waals surface area contributed by atoms with Crippen LogP contribution in [0.15, 0.2) is 72.8 Å². The Labute approximate surface area is 267 Å². The number of ether oxygens (including phenoxy) is 1. The van der Waals surface area contributed by atoms with Crippen LogP contribution in [0, 0.1) is 13.8 Å². The number of hydrogen-bond donors (Lipinski definition) is 0. The third kappa shape index (κ3) is 5.94. The number of carbonyl (C=O) groups excluding carboxylic acids is 3. The number of para-hydroxylation sites is 1. The number of piperazine rings is 1. The van der Waals surface area contributed by atoms with E-state index in [0.717, 1.165) is 44.9 Å². The summed E-state index contributed by atoms with van der Waals surface area (Å²) < 4.78 is 7.67. The zero-order chi connectivity index (χ0) is 31.7. The number of amides is 3. The maximum absolute atomic E-state index is 14.1. The Kier molecular flexibility index (Phi) is 8.67. The zero-order valence-electron chi connectivity index (χ0n) is 26.0. The highest BCUT2D eigenvalue weighted by Crippen LogP contribution is 2.50. The van der Waals surface area contributed by atoms with Crippen molar-refractivity contribution in [2.24, 2.45) is 0 Å². The van der Waals surface area contributed by atoms with E-state index in [1.807, 2.05) is 85.3 Å². The van der Waals surface area contributed by atoms with Crippen molar-refractivity contribution in [3.05, 3.63) is 95.1 Å². The Bertz CT molecular complexity index is 1750. The van der Waals surface area contributed by atoms with Crippen molar-refractivity contribution in [2.45, 2.75) is 26.0 Å². The summed E-state index contributed by atoms with van der Waals surface area (Å²) in [6.45, 7) is 7.31. The van der Waals surface area contributed by atoms with Crippen LogP contribution < -0.4 is 9.64 Å². The summed E-state index contributed by atoms with van der Waals surface area (Å²) in [5, 5.41) is 4.93. The van der Waals surface area contributed by atoms with Crippen molar-refractivity contribution in [1.82, 2.24) is 19.6 Å². The summed E-state index contributed by atoms with van der Waals surface area (Å²) in [4.78, 5) is 45.0. The SMILES string of the molecule is COc1ccccc1C1SCC(=O)N(CC(=O)N2CCN(C(C)=O)CC2)c2c1c(-c1ccccc1)nn2-c1ccc(C)cc1C. The molecule has 0 saturated carbocycles. The van der Waals surface area contributed by atoms with Gasteiger partial charge in [0.15, 0.2) is 0 Å². The van der Waals surface area contributed by atoms with E-state index in [1.54, 1.807) is 28.7 Å². The van der Waals surface area contributed by atoms with Gasteiger partial charge in [-0.1, -0.05) is 66.2 Å². The lowest BCUT2D eigenvalue weighted by atomic mass is 9.99. The number of carbonyl (C=O) groups is 3. The fourth-order valence-electron chi connectivity index (χ4n) is 6.17. The van der Waals surface area contributed by atoms with Crippen LogP contribution in [0.25, 0.3) is 16.9 Å². The molecule has 3 heterocycles. The fourth-order valence-corrected chi connectivity index (χ4v) is 7.40. The van der Waals surface area contributed by atoms with Crippen LogP contribution >= 0.6 is 11.8 Å². The highest BCUT2D eigenvalue weighted by Gasteiger charge is 2.39. The highest BCUT2D eigenvalue weighted by atomic mass is 32.2. The number of anilines is 1. The van der Waals surface area contributed by atoms with Crippen LogP contribution in [-0.2, 0) is 14.4 Å². The van der Waals surface area contributed by atoms with Crippen LogP contribution in [0.2, 0.25) is 0 Å². The largest absolute Gasteiger partial charge is 0.496 e. The molecule has 9 nitrogen and oxygen atoms in total. The summed E-state index contributed by atoms with van der Waals surface area (Å²) in [5.41, 5.74) is 6.42. The van der Waals surface area contributed by atoms with Gasteiger partial charge in [0.25, 0.3) is 0 Å². The van der Waals surface area contributed by atoms with E-state index in [0.29, 0.717) is 32.0 Å². The average Bonchev–Trinajstić information content (AvgIpc) is 3.37. The van der Waals surface area contributed by atoms with E-state index in [2.05, 4.69) is 6.07 Å². The third-order valence-electron chi connectivity index (χ3n) is 8.51. The maximum atomic E-state index is 14.1. The summed E-state index contributed by atoms with van der Waals surface area (Å²) >= 11 is 1.52. The molecule has 1 unspecified atom stereocenters. The van der Waals surface area contributed by atoms with Gasteiger partial charge in [0.2, 0.25) is 17.7 Å². The zero-order valence-corrected chi connectivity index (χ0v) is 26.8. The molecule has 1 saturated heterocycles. The average molecular weight is 624 g/mol. The predicted octanol–water partition coefficient (Wildman–Crippen LogP) is 5.02. The summed E-state index contributed by atoms with van der Waals surface area (Å²) in [6.07, 6.45) is 0. The number of methoxy groups -OCH3 is 1. The molecular weight excluding hydrogens is 586 g/mol. The number of nitrogens with zero attached hydrogens (tertiary/aromatic N) is 5. The lowest BCUT2D eigenvalue weighted by Crippen LogP contribution is -2.53. The van der Waals surface area contributed by atoms with Crippen molar-refractivity contribution in [3.63, 3.8) is 0 Å². The van der Waals surface area contributed by atoms with E-state index in [4.69, 9.17) is 9.84 Å². The van der Waals surface area contributed by atoms with Crippen molar-refractivity contribution in [3.8, 4) is 22.7 Å². The molecule has 3 amide bonds. The summed E-state index contributed by atoms with van der Waals surface area (Å²) in [6, 6.07) is 24.0. The van der Waals surface area contributed by atoms with Crippen LogP contribution in [0.4, 0.5) is 5.82 Å². The number of aromatic nitrogens is 2. The molecule has 2 aliphatic rings.